The Morgan fingerprint density at radius 1 is 1.12 bits per heavy atom. The SMILES string of the molecule is NC(=O)c1ccc(OCC(=O)N(Cc2ccccc2F)C2CC2)cc1. The van der Waals surface area contributed by atoms with E-state index in [1.165, 1.54) is 6.07 Å². The lowest BCUT2D eigenvalue weighted by Crippen LogP contribution is -2.36. The summed E-state index contributed by atoms with van der Waals surface area (Å²) < 4.78 is 19.3. The quantitative estimate of drug-likeness (QED) is 0.840. The lowest BCUT2D eigenvalue weighted by molar-refractivity contribution is -0.134. The molecule has 0 aliphatic heterocycles. The monoisotopic (exact) mass is 342 g/mol. The normalized spacial score (nSPS) is 13.3. The lowest BCUT2D eigenvalue weighted by Gasteiger charge is -2.23. The number of carbonyl (C=O) groups excluding carboxylic acids is 2. The number of hydrogen-bond acceptors (Lipinski definition) is 3. The molecule has 25 heavy (non-hydrogen) atoms. The van der Waals surface area contributed by atoms with Gasteiger partial charge in [-0.15, -0.1) is 0 Å². The van der Waals surface area contributed by atoms with Crippen LogP contribution in [0, 0.1) is 5.82 Å². The first-order chi connectivity index (χ1) is 12.0. The van der Waals surface area contributed by atoms with Crippen molar-refractivity contribution < 1.29 is 18.7 Å². The van der Waals surface area contributed by atoms with Gasteiger partial charge in [0.25, 0.3) is 5.91 Å². The van der Waals surface area contributed by atoms with Gasteiger partial charge in [-0.3, -0.25) is 9.59 Å². The predicted molar refractivity (Wildman–Crippen MR) is 90.4 cm³/mol. The van der Waals surface area contributed by atoms with Gasteiger partial charge in [-0.05, 0) is 43.2 Å². The molecule has 2 N–H and O–H groups in total. The zero-order valence-electron chi connectivity index (χ0n) is 13.7. The fraction of sp³-hybridized carbons (Fsp3) is 0.263. The zero-order valence-corrected chi connectivity index (χ0v) is 13.7. The number of amides is 2. The lowest BCUT2D eigenvalue weighted by atomic mass is 10.2. The first kappa shape index (κ1) is 17.0. The fourth-order valence-electron chi connectivity index (χ4n) is 2.56. The number of benzene rings is 2. The second-order valence-electron chi connectivity index (χ2n) is 6.02. The number of ether oxygens (including phenoxy) is 1. The van der Waals surface area contributed by atoms with E-state index in [2.05, 4.69) is 0 Å². The molecule has 0 spiro atoms. The van der Waals surface area contributed by atoms with Crippen molar-refractivity contribution in [2.45, 2.75) is 25.4 Å². The van der Waals surface area contributed by atoms with E-state index in [1.54, 1.807) is 47.4 Å². The molecule has 2 aromatic carbocycles. The molecule has 2 amide bonds. The van der Waals surface area contributed by atoms with Gasteiger partial charge in [-0.2, -0.15) is 0 Å². The first-order valence-corrected chi connectivity index (χ1v) is 8.10. The number of nitrogens with zero attached hydrogens (tertiary/aromatic N) is 1. The van der Waals surface area contributed by atoms with E-state index in [0.29, 0.717) is 16.9 Å². The molecule has 0 atom stereocenters. The van der Waals surface area contributed by atoms with Gasteiger partial charge < -0.3 is 15.4 Å². The average molecular weight is 342 g/mol. The van der Waals surface area contributed by atoms with Crippen molar-refractivity contribution in [3.63, 3.8) is 0 Å². The Labute approximate surface area is 145 Å². The molecule has 0 unspecified atom stereocenters. The summed E-state index contributed by atoms with van der Waals surface area (Å²) in [6, 6.07) is 12.9. The highest BCUT2D eigenvalue weighted by Crippen LogP contribution is 2.29. The van der Waals surface area contributed by atoms with Crippen molar-refractivity contribution in [2.24, 2.45) is 5.73 Å². The Morgan fingerprint density at radius 3 is 2.40 bits per heavy atom. The third-order valence-electron chi connectivity index (χ3n) is 4.11. The van der Waals surface area contributed by atoms with Gasteiger partial charge in [-0.25, -0.2) is 4.39 Å². The molecule has 0 radical (unpaired) electrons. The molecular weight excluding hydrogens is 323 g/mol. The molecule has 1 aliphatic rings. The summed E-state index contributed by atoms with van der Waals surface area (Å²) in [6.45, 7) is 0.0982. The first-order valence-electron chi connectivity index (χ1n) is 8.10. The Kier molecular flexibility index (Phi) is 4.97. The molecular formula is C19H19FN2O3. The molecule has 6 heteroatoms. The molecule has 0 aromatic heterocycles. The minimum Gasteiger partial charge on any atom is -0.484 e. The average Bonchev–Trinajstić information content (AvgIpc) is 3.44. The zero-order chi connectivity index (χ0) is 17.8. The summed E-state index contributed by atoms with van der Waals surface area (Å²) in [7, 11) is 0. The van der Waals surface area contributed by atoms with Crippen molar-refractivity contribution in [3.8, 4) is 5.75 Å². The van der Waals surface area contributed by atoms with Gasteiger partial charge in [0.05, 0.1) is 0 Å². The minimum absolute atomic E-state index is 0.138. The second-order valence-corrected chi connectivity index (χ2v) is 6.02. The Morgan fingerprint density at radius 2 is 1.80 bits per heavy atom. The van der Waals surface area contributed by atoms with Gasteiger partial charge in [0, 0.05) is 23.7 Å². The van der Waals surface area contributed by atoms with Gasteiger partial charge >= 0.3 is 0 Å². The summed E-state index contributed by atoms with van der Waals surface area (Å²) in [5.41, 5.74) is 6.05. The Bertz CT molecular complexity index is 772. The minimum atomic E-state index is -0.521. The summed E-state index contributed by atoms with van der Waals surface area (Å²) in [6.07, 6.45) is 1.85. The summed E-state index contributed by atoms with van der Waals surface area (Å²) in [5.74, 6) is -0.555. The van der Waals surface area contributed by atoms with Crippen LogP contribution in [0.4, 0.5) is 4.39 Å². The van der Waals surface area contributed by atoms with Gasteiger partial charge in [0.1, 0.15) is 11.6 Å². The third-order valence-corrected chi connectivity index (χ3v) is 4.11. The molecule has 1 fully saturated rings. The number of primary amides is 1. The van der Waals surface area contributed by atoms with Crippen LogP contribution in [0.5, 0.6) is 5.75 Å². The van der Waals surface area contributed by atoms with E-state index in [-0.39, 0.29) is 30.9 Å². The van der Waals surface area contributed by atoms with E-state index >= 15 is 0 Å². The highest BCUT2D eigenvalue weighted by molar-refractivity contribution is 5.92. The molecule has 1 aliphatic carbocycles. The van der Waals surface area contributed by atoms with Crippen LogP contribution < -0.4 is 10.5 Å². The van der Waals surface area contributed by atoms with Crippen molar-refractivity contribution in [1.82, 2.24) is 4.90 Å². The number of carbonyl (C=O) groups is 2. The highest BCUT2D eigenvalue weighted by Gasteiger charge is 2.33. The van der Waals surface area contributed by atoms with Crippen LogP contribution in [0.3, 0.4) is 0 Å². The molecule has 5 nitrogen and oxygen atoms in total. The number of hydrogen-bond donors (Lipinski definition) is 1. The molecule has 3 rings (SSSR count). The fourth-order valence-corrected chi connectivity index (χ4v) is 2.56. The van der Waals surface area contributed by atoms with E-state index in [0.717, 1.165) is 12.8 Å². The number of nitrogens with two attached hydrogens (primary N) is 1. The van der Waals surface area contributed by atoms with Crippen LogP contribution in [-0.4, -0.2) is 29.4 Å². The van der Waals surface area contributed by atoms with Crippen LogP contribution in [0.15, 0.2) is 48.5 Å². The second kappa shape index (κ2) is 7.34. The molecule has 0 saturated heterocycles. The van der Waals surface area contributed by atoms with Crippen LogP contribution in [0.1, 0.15) is 28.8 Å². The molecule has 2 aromatic rings. The number of halogens is 1. The van der Waals surface area contributed by atoms with Gasteiger partial charge in [0.2, 0.25) is 5.91 Å². The standard InChI is InChI=1S/C19H19FN2O3/c20-17-4-2-1-3-14(17)11-22(15-7-8-15)18(23)12-25-16-9-5-13(6-10-16)19(21)24/h1-6,9-10,15H,7-8,11-12H2,(H2,21,24). The Balaban J connectivity index is 1.61. The maximum Gasteiger partial charge on any atom is 0.261 e. The molecule has 0 bridgehead atoms. The van der Waals surface area contributed by atoms with Gasteiger partial charge in [0.15, 0.2) is 6.61 Å². The largest absolute Gasteiger partial charge is 0.484 e. The maximum absolute atomic E-state index is 13.8. The molecule has 130 valence electrons. The van der Waals surface area contributed by atoms with Crippen LogP contribution in [-0.2, 0) is 11.3 Å². The molecule has 1 saturated carbocycles. The van der Waals surface area contributed by atoms with Crippen molar-refractivity contribution in [2.75, 3.05) is 6.61 Å². The van der Waals surface area contributed by atoms with E-state index in [4.69, 9.17) is 10.5 Å². The third kappa shape index (κ3) is 4.35. The summed E-state index contributed by atoms with van der Waals surface area (Å²) in [5, 5.41) is 0. The predicted octanol–water partition coefficient (Wildman–Crippen LogP) is 2.49. The number of rotatable bonds is 7. The van der Waals surface area contributed by atoms with Crippen molar-refractivity contribution in [1.29, 1.82) is 0 Å². The van der Waals surface area contributed by atoms with E-state index < -0.39 is 5.91 Å². The van der Waals surface area contributed by atoms with Crippen LogP contribution >= 0.6 is 0 Å². The molecule has 0 heterocycles. The van der Waals surface area contributed by atoms with E-state index in [9.17, 15) is 14.0 Å². The van der Waals surface area contributed by atoms with Crippen LogP contribution in [0.25, 0.3) is 0 Å². The highest BCUT2D eigenvalue weighted by atomic mass is 19.1. The van der Waals surface area contributed by atoms with Crippen molar-refractivity contribution in [3.05, 3.63) is 65.5 Å². The summed E-state index contributed by atoms with van der Waals surface area (Å²) >= 11 is 0. The topological polar surface area (TPSA) is 72.6 Å². The summed E-state index contributed by atoms with van der Waals surface area (Å²) in [4.78, 5) is 25.2. The van der Waals surface area contributed by atoms with Crippen LogP contribution in [0.2, 0.25) is 0 Å². The van der Waals surface area contributed by atoms with Crippen molar-refractivity contribution >= 4 is 11.8 Å². The van der Waals surface area contributed by atoms with Gasteiger partial charge in [-0.1, -0.05) is 18.2 Å². The maximum atomic E-state index is 13.8. The van der Waals surface area contributed by atoms with E-state index in [1.807, 2.05) is 0 Å². The smallest absolute Gasteiger partial charge is 0.261 e. The Hall–Kier alpha value is -2.89.